The lowest BCUT2D eigenvalue weighted by Gasteiger charge is -2.22. The van der Waals surface area contributed by atoms with Crippen LogP contribution in [0.4, 0.5) is 5.82 Å². The van der Waals surface area contributed by atoms with Gasteiger partial charge < -0.3 is 10.1 Å². The summed E-state index contributed by atoms with van der Waals surface area (Å²) in [6.07, 6.45) is 7.44. The highest BCUT2D eigenvalue weighted by Gasteiger charge is 2.13. The molecule has 1 aromatic rings. The molecule has 15 heavy (non-hydrogen) atoms. The SMILES string of the molecule is Cc1cncc(NCC2CCCCO2)n1. The fraction of sp³-hybridized carbons (Fsp3) is 0.636. The van der Waals surface area contributed by atoms with E-state index in [1.165, 1.54) is 12.8 Å². The van der Waals surface area contributed by atoms with Crippen LogP contribution in [0.15, 0.2) is 12.4 Å². The predicted molar refractivity (Wildman–Crippen MR) is 58.8 cm³/mol. The average molecular weight is 207 g/mol. The van der Waals surface area contributed by atoms with Crippen molar-refractivity contribution < 1.29 is 4.74 Å². The molecule has 1 N–H and O–H groups in total. The summed E-state index contributed by atoms with van der Waals surface area (Å²) in [6, 6.07) is 0. The minimum atomic E-state index is 0.334. The minimum absolute atomic E-state index is 0.334. The predicted octanol–water partition coefficient (Wildman–Crippen LogP) is 1.77. The van der Waals surface area contributed by atoms with Gasteiger partial charge in [-0.05, 0) is 26.2 Å². The van der Waals surface area contributed by atoms with Crippen LogP contribution in [0.25, 0.3) is 0 Å². The number of aromatic nitrogens is 2. The van der Waals surface area contributed by atoms with E-state index in [1.807, 2.05) is 6.92 Å². The van der Waals surface area contributed by atoms with Crippen LogP contribution in [-0.4, -0.2) is 29.2 Å². The van der Waals surface area contributed by atoms with E-state index in [0.717, 1.165) is 31.1 Å². The number of anilines is 1. The van der Waals surface area contributed by atoms with Gasteiger partial charge in [-0.1, -0.05) is 0 Å². The summed E-state index contributed by atoms with van der Waals surface area (Å²) in [5.41, 5.74) is 0.935. The molecule has 2 heterocycles. The Balaban J connectivity index is 1.81. The summed E-state index contributed by atoms with van der Waals surface area (Å²) in [5.74, 6) is 0.837. The van der Waals surface area contributed by atoms with Gasteiger partial charge in [-0.15, -0.1) is 0 Å². The average Bonchev–Trinajstić information content (AvgIpc) is 2.28. The number of nitrogens with one attached hydrogen (secondary N) is 1. The first kappa shape index (κ1) is 10.4. The van der Waals surface area contributed by atoms with Crippen molar-refractivity contribution in [3.05, 3.63) is 18.1 Å². The molecule has 4 heteroatoms. The van der Waals surface area contributed by atoms with Gasteiger partial charge in [0.25, 0.3) is 0 Å². The third-order valence-electron chi connectivity index (χ3n) is 2.54. The number of rotatable bonds is 3. The molecule has 4 nitrogen and oxygen atoms in total. The summed E-state index contributed by atoms with van der Waals surface area (Å²) < 4.78 is 5.62. The summed E-state index contributed by atoms with van der Waals surface area (Å²) in [5, 5.41) is 3.26. The van der Waals surface area contributed by atoms with Crippen LogP contribution in [0.1, 0.15) is 25.0 Å². The lowest BCUT2D eigenvalue weighted by Crippen LogP contribution is -2.27. The van der Waals surface area contributed by atoms with Gasteiger partial charge in [0.1, 0.15) is 5.82 Å². The van der Waals surface area contributed by atoms with Crippen LogP contribution in [0.2, 0.25) is 0 Å². The molecule has 1 atom stereocenters. The number of hydrogen-bond acceptors (Lipinski definition) is 4. The molecule has 1 fully saturated rings. The molecule has 0 aromatic carbocycles. The van der Waals surface area contributed by atoms with E-state index >= 15 is 0 Å². The van der Waals surface area contributed by atoms with Crippen molar-refractivity contribution >= 4 is 5.82 Å². The van der Waals surface area contributed by atoms with E-state index in [4.69, 9.17) is 4.74 Å². The van der Waals surface area contributed by atoms with E-state index in [2.05, 4.69) is 15.3 Å². The molecule has 1 unspecified atom stereocenters. The number of nitrogens with zero attached hydrogens (tertiary/aromatic N) is 2. The smallest absolute Gasteiger partial charge is 0.144 e. The van der Waals surface area contributed by atoms with E-state index in [1.54, 1.807) is 12.4 Å². The number of ether oxygens (including phenoxy) is 1. The molecule has 1 aromatic heterocycles. The van der Waals surface area contributed by atoms with Crippen molar-refractivity contribution in [2.75, 3.05) is 18.5 Å². The zero-order valence-electron chi connectivity index (χ0n) is 9.07. The maximum absolute atomic E-state index is 5.62. The lowest BCUT2D eigenvalue weighted by atomic mass is 10.1. The molecule has 82 valence electrons. The third-order valence-corrected chi connectivity index (χ3v) is 2.54. The maximum atomic E-state index is 5.62. The van der Waals surface area contributed by atoms with Crippen LogP contribution in [0, 0.1) is 6.92 Å². The van der Waals surface area contributed by atoms with Gasteiger partial charge in [-0.3, -0.25) is 4.98 Å². The van der Waals surface area contributed by atoms with Crippen molar-refractivity contribution in [2.45, 2.75) is 32.3 Å². The number of hydrogen-bond donors (Lipinski definition) is 1. The molecule has 0 amide bonds. The standard InChI is InChI=1S/C11H17N3O/c1-9-6-12-8-11(14-9)13-7-10-4-2-3-5-15-10/h6,8,10H,2-5,7H2,1H3,(H,13,14). The van der Waals surface area contributed by atoms with Gasteiger partial charge in [0.2, 0.25) is 0 Å². The van der Waals surface area contributed by atoms with Gasteiger partial charge in [0, 0.05) is 19.3 Å². The Morgan fingerprint density at radius 3 is 3.13 bits per heavy atom. The Morgan fingerprint density at radius 2 is 2.40 bits per heavy atom. The molecule has 1 saturated heterocycles. The quantitative estimate of drug-likeness (QED) is 0.820. The normalized spacial score (nSPS) is 21.3. The van der Waals surface area contributed by atoms with Crippen LogP contribution in [0.3, 0.4) is 0 Å². The second-order valence-corrected chi connectivity index (χ2v) is 3.92. The topological polar surface area (TPSA) is 47.0 Å². The zero-order chi connectivity index (χ0) is 10.5. The Hall–Kier alpha value is -1.16. The third kappa shape index (κ3) is 3.16. The highest BCUT2D eigenvalue weighted by Crippen LogP contribution is 2.13. The summed E-state index contributed by atoms with van der Waals surface area (Å²) in [4.78, 5) is 8.41. The monoisotopic (exact) mass is 207 g/mol. The molecular formula is C11H17N3O. The molecular weight excluding hydrogens is 190 g/mol. The van der Waals surface area contributed by atoms with Crippen LogP contribution >= 0.6 is 0 Å². The molecule has 0 aliphatic carbocycles. The first-order valence-corrected chi connectivity index (χ1v) is 5.49. The minimum Gasteiger partial charge on any atom is -0.376 e. The van der Waals surface area contributed by atoms with Gasteiger partial charge in [-0.2, -0.15) is 0 Å². The van der Waals surface area contributed by atoms with Gasteiger partial charge in [0.15, 0.2) is 0 Å². The van der Waals surface area contributed by atoms with E-state index < -0.39 is 0 Å². The summed E-state index contributed by atoms with van der Waals surface area (Å²) in [6.45, 7) is 3.67. The van der Waals surface area contributed by atoms with Gasteiger partial charge in [-0.25, -0.2) is 4.98 Å². The van der Waals surface area contributed by atoms with Crippen LogP contribution in [-0.2, 0) is 4.74 Å². The van der Waals surface area contributed by atoms with Crippen LogP contribution < -0.4 is 5.32 Å². The lowest BCUT2D eigenvalue weighted by molar-refractivity contribution is 0.0247. The second kappa shape index (κ2) is 5.07. The largest absolute Gasteiger partial charge is 0.376 e. The van der Waals surface area contributed by atoms with Crippen molar-refractivity contribution in [2.24, 2.45) is 0 Å². The van der Waals surface area contributed by atoms with E-state index in [0.29, 0.717) is 6.10 Å². The van der Waals surface area contributed by atoms with Gasteiger partial charge >= 0.3 is 0 Å². The van der Waals surface area contributed by atoms with Crippen LogP contribution in [0.5, 0.6) is 0 Å². The molecule has 0 bridgehead atoms. The fourth-order valence-corrected chi connectivity index (χ4v) is 1.74. The zero-order valence-corrected chi connectivity index (χ0v) is 9.07. The van der Waals surface area contributed by atoms with E-state index in [-0.39, 0.29) is 0 Å². The van der Waals surface area contributed by atoms with Crippen molar-refractivity contribution in [1.82, 2.24) is 9.97 Å². The molecule has 2 rings (SSSR count). The first-order chi connectivity index (χ1) is 7.34. The van der Waals surface area contributed by atoms with Crippen molar-refractivity contribution in [3.63, 3.8) is 0 Å². The first-order valence-electron chi connectivity index (χ1n) is 5.49. The Bertz CT molecular complexity index is 310. The van der Waals surface area contributed by atoms with Crippen molar-refractivity contribution in [3.8, 4) is 0 Å². The molecule has 0 spiro atoms. The Labute approximate surface area is 90.1 Å². The molecule has 0 saturated carbocycles. The van der Waals surface area contributed by atoms with Gasteiger partial charge in [0.05, 0.1) is 18.0 Å². The van der Waals surface area contributed by atoms with Crippen molar-refractivity contribution in [1.29, 1.82) is 0 Å². The van der Waals surface area contributed by atoms with E-state index in [9.17, 15) is 0 Å². The summed E-state index contributed by atoms with van der Waals surface area (Å²) in [7, 11) is 0. The second-order valence-electron chi connectivity index (χ2n) is 3.92. The maximum Gasteiger partial charge on any atom is 0.144 e. The fourth-order valence-electron chi connectivity index (χ4n) is 1.74. The molecule has 1 aliphatic heterocycles. The Morgan fingerprint density at radius 1 is 1.47 bits per heavy atom. The molecule has 1 aliphatic rings. The number of aryl methyl sites for hydroxylation is 1. The highest BCUT2D eigenvalue weighted by molar-refractivity contribution is 5.31. The Kier molecular flexibility index (Phi) is 3.50. The molecule has 0 radical (unpaired) electrons. The highest BCUT2D eigenvalue weighted by atomic mass is 16.5. The summed E-state index contributed by atoms with van der Waals surface area (Å²) >= 11 is 0.